The number of carbonyl (C=O) groups is 1. The van der Waals surface area contributed by atoms with E-state index >= 15 is 0 Å². The smallest absolute Gasteiger partial charge is 0.252 e. The van der Waals surface area contributed by atoms with Gasteiger partial charge in [-0.05, 0) is 23.3 Å². The SMILES string of the molecule is CNC(=O)[C@]1(OCc2cccc(F)c2)C[C@@H](O)[C@@H](O)[C@@H](OCc2ccccc2)C1. The average molecular weight is 403 g/mol. The molecule has 1 aliphatic carbocycles. The highest BCUT2D eigenvalue weighted by atomic mass is 19.1. The van der Waals surface area contributed by atoms with Crippen LogP contribution in [0.15, 0.2) is 54.6 Å². The van der Waals surface area contributed by atoms with Gasteiger partial charge in [0.15, 0.2) is 5.60 Å². The van der Waals surface area contributed by atoms with Crippen LogP contribution in [0.25, 0.3) is 0 Å². The number of halogens is 1. The second-order valence-corrected chi connectivity index (χ2v) is 7.29. The zero-order chi connectivity index (χ0) is 20.9. The van der Waals surface area contributed by atoms with Crippen molar-refractivity contribution in [2.24, 2.45) is 0 Å². The number of likely N-dealkylation sites (N-methyl/N-ethyl adjacent to an activating group) is 1. The van der Waals surface area contributed by atoms with Crippen LogP contribution < -0.4 is 5.32 Å². The highest BCUT2D eigenvalue weighted by Crippen LogP contribution is 2.35. The van der Waals surface area contributed by atoms with Crippen LogP contribution in [-0.2, 0) is 27.5 Å². The molecule has 2 aromatic rings. The Morgan fingerprint density at radius 1 is 1.10 bits per heavy atom. The van der Waals surface area contributed by atoms with Gasteiger partial charge in [0.05, 0.1) is 25.4 Å². The molecule has 0 bridgehead atoms. The summed E-state index contributed by atoms with van der Waals surface area (Å²) in [4.78, 5) is 12.7. The maximum Gasteiger partial charge on any atom is 0.252 e. The number of hydrogen-bond donors (Lipinski definition) is 3. The van der Waals surface area contributed by atoms with Gasteiger partial charge in [-0.3, -0.25) is 4.79 Å². The predicted molar refractivity (Wildman–Crippen MR) is 104 cm³/mol. The Balaban J connectivity index is 1.76. The van der Waals surface area contributed by atoms with Gasteiger partial charge in [0, 0.05) is 19.9 Å². The van der Waals surface area contributed by atoms with E-state index in [9.17, 15) is 19.4 Å². The molecule has 6 nitrogen and oxygen atoms in total. The van der Waals surface area contributed by atoms with Gasteiger partial charge in [-0.25, -0.2) is 4.39 Å². The Kier molecular flexibility index (Phi) is 6.97. The van der Waals surface area contributed by atoms with Gasteiger partial charge in [-0.1, -0.05) is 42.5 Å². The van der Waals surface area contributed by atoms with E-state index in [1.54, 1.807) is 12.1 Å². The molecule has 0 aliphatic heterocycles. The number of aliphatic hydroxyl groups excluding tert-OH is 2. The first-order chi connectivity index (χ1) is 13.9. The Morgan fingerprint density at radius 3 is 2.52 bits per heavy atom. The maximum absolute atomic E-state index is 13.5. The molecular weight excluding hydrogens is 377 g/mol. The van der Waals surface area contributed by atoms with Crippen LogP contribution in [0.3, 0.4) is 0 Å². The second-order valence-electron chi connectivity index (χ2n) is 7.29. The number of benzene rings is 2. The van der Waals surface area contributed by atoms with Crippen molar-refractivity contribution in [1.82, 2.24) is 5.32 Å². The predicted octanol–water partition coefficient (Wildman–Crippen LogP) is 1.93. The zero-order valence-electron chi connectivity index (χ0n) is 16.3. The Labute approximate surface area is 169 Å². The second kappa shape index (κ2) is 9.45. The third kappa shape index (κ3) is 5.19. The molecule has 0 spiro atoms. The molecule has 29 heavy (non-hydrogen) atoms. The summed E-state index contributed by atoms with van der Waals surface area (Å²) in [6.45, 7) is 0.211. The van der Waals surface area contributed by atoms with Crippen molar-refractivity contribution in [3.8, 4) is 0 Å². The summed E-state index contributed by atoms with van der Waals surface area (Å²) in [5.41, 5.74) is 0.0720. The lowest BCUT2D eigenvalue weighted by atomic mass is 9.78. The van der Waals surface area contributed by atoms with E-state index in [4.69, 9.17) is 9.47 Å². The number of hydrogen-bond acceptors (Lipinski definition) is 5. The molecular formula is C22H26FNO5. The molecule has 0 saturated heterocycles. The third-order valence-electron chi connectivity index (χ3n) is 5.20. The minimum atomic E-state index is -1.40. The molecule has 1 fully saturated rings. The molecule has 0 heterocycles. The first-order valence-electron chi connectivity index (χ1n) is 9.56. The van der Waals surface area contributed by atoms with Gasteiger partial charge in [0.2, 0.25) is 0 Å². The van der Waals surface area contributed by atoms with Crippen molar-refractivity contribution in [2.45, 2.75) is 50.0 Å². The van der Waals surface area contributed by atoms with Crippen LogP contribution in [0.4, 0.5) is 4.39 Å². The number of aliphatic hydroxyl groups is 2. The van der Waals surface area contributed by atoms with Gasteiger partial charge >= 0.3 is 0 Å². The molecule has 1 saturated carbocycles. The van der Waals surface area contributed by atoms with Crippen LogP contribution in [0.1, 0.15) is 24.0 Å². The lowest BCUT2D eigenvalue weighted by Crippen LogP contribution is -2.60. The van der Waals surface area contributed by atoms with E-state index in [-0.39, 0.29) is 26.1 Å². The molecule has 0 radical (unpaired) electrons. The highest BCUT2D eigenvalue weighted by molar-refractivity contribution is 5.85. The number of nitrogens with one attached hydrogen (secondary N) is 1. The van der Waals surface area contributed by atoms with Gasteiger partial charge in [-0.15, -0.1) is 0 Å². The monoisotopic (exact) mass is 403 g/mol. The molecule has 0 unspecified atom stereocenters. The fourth-order valence-electron chi connectivity index (χ4n) is 3.62. The zero-order valence-corrected chi connectivity index (χ0v) is 16.3. The molecule has 0 aromatic heterocycles. The Hall–Kier alpha value is -2.32. The summed E-state index contributed by atoms with van der Waals surface area (Å²) in [6.07, 6.45) is -3.17. The quantitative estimate of drug-likeness (QED) is 0.658. The highest BCUT2D eigenvalue weighted by Gasteiger charge is 2.51. The first-order valence-corrected chi connectivity index (χ1v) is 9.56. The van der Waals surface area contributed by atoms with Crippen molar-refractivity contribution >= 4 is 5.91 Å². The minimum Gasteiger partial charge on any atom is -0.390 e. The average Bonchev–Trinajstić information content (AvgIpc) is 2.74. The topological polar surface area (TPSA) is 88.0 Å². The van der Waals surface area contributed by atoms with Crippen molar-refractivity contribution < 1.29 is 28.9 Å². The van der Waals surface area contributed by atoms with E-state index in [0.29, 0.717) is 5.56 Å². The molecule has 3 N–H and O–H groups in total. The molecule has 7 heteroatoms. The first kappa shape index (κ1) is 21.4. The van der Waals surface area contributed by atoms with E-state index in [1.807, 2.05) is 30.3 Å². The van der Waals surface area contributed by atoms with Crippen LogP contribution in [0.5, 0.6) is 0 Å². The number of carbonyl (C=O) groups excluding carboxylic acids is 1. The third-order valence-corrected chi connectivity index (χ3v) is 5.20. The van der Waals surface area contributed by atoms with Crippen molar-refractivity contribution in [1.29, 1.82) is 0 Å². The summed E-state index contributed by atoms with van der Waals surface area (Å²) in [7, 11) is 1.48. The number of rotatable bonds is 7. The van der Waals surface area contributed by atoms with Gasteiger partial charge in [-0.2, -0.15) is 0 Å². The molecule has 1 amide bonds. The van der Waals surface area contributed by atoms with Gasteiger partial charge < -0.3 is 25.0 Å². The van der Waals surface area contributed by atoms with E-state index in [1.165, 1.54) is 19.2 Å². The van der Waals surface area contributed by atoms with Crippen molar-refractivity contribution in [3.63, 3.8) is 0 Å². The van der Waals surface area contributed by atoms with Crippen LogP contribution >= 0.6 is 0 Å². The molecule has 2 aromatic carbocycles. The largest absolute Gasteiger partial charge is 0.390 e. The Morgan fingerprint density at radius 2 is 1.83 bits per heavy atom. The summed E-state index contributed by atoms with van der Waals surface area (Å²) in [5, 5.41) is 23.4. The minimum absolute atomic E-state index is 0.0145. The fraction of sp³-hybridized carbons (Fsp3) is 0.409. The van der Waals surface area contributed by atoms with Crippen LogP contribution in [-0.4, -0.2) is 47.1 Å². The van der Waals surface area contributed by atoms with Crippen molar-refractivity contribution in [3.05, 3.63) is 71.5 Å². The Bertz CT molecular complexity index is 818. The van der Waals surface area contributed by atoms with Gasteiger partial charge in [0.25, 0.3) is 5.91 Å². The maximum atomic E-state index is 13.5. The lowest BCUT2D eigenvalue weighted by Gasteiger charge is -2.43. The molecule has 4 atom stereocenters. The number of ether oxygens (including phenoxy) is 2. The van der Waals surface area contributed by atoms with Crippen LogP contribution in [0, 0.1) is 5.82 Å². The van der Waals surface area contributed by atoms with E-state index in [2.05, 4.69) is 5.32 Å². The fourth-order valence-corrected chi connectivity index (χ4v) is 3.62. The van der Waals surface area contributed by atoms with E-state index in [0.717, 1.165) is 5.56 Å². The van der Waals surface area contributed by atoms with Crippen LogP contribution in [0.2, 0.25) is 0 Å². The van der Waals surface area contributed by atoms with E-state index < -0.39 is 35.6 Å². The summed E-state index contributed by atoms with van der Waals surface area (Å²) >= 11 is 0. The van der Waals surface area contributed by atoms with Gasteiger partial charge in [0.1, 0.15) is 11.9 Å². The molecule has 156 valence electrons. The summed E-state index contributed by atoms with van der Waals surface area (Å²) in [6, 6.07) is 15.3. The molecule has 1 aliphatic rings. The lowest BCUT2D eigenvalue weighted by molar-refractivity contribution is -0.199. The summed E-state index contributed by atoms with van der Waals surface area (Å²) in [5.74, 6) is -0.823. The normalized spacial score (nSPS) is 26.8. The summed E-state index contributed by atoms with van der Waals surface area (Å²) < 4.78 is 25.2. The standard InChI is InChI=1S/C22H26FNO5/c1-24-21(27)22(29-14-16-8-5-9-17(23)10-16)11-18(25)20(26)19(12-22)28-13-15-6-3-2-4-7-15/h2-10,18-20,25-26H,11-14H2,1H3,(H,24,27)/t18-,19+,20-,22+/m1/s1. The number of amides is 1. The van der Waals surface area contributed by atoms with Crippen molar-refractivity contribution in [2.75, 3.05) is 7.05 Å². The molecule has 3 rings (SSSR count).